The molecule has 15 heavy (non-hydrogen) atoms. The number of carbonyl (C=O) groups excluding carboxylic acids is 1. The minimum Gasteiger partial charge on any atom is -0.321 e. The van der Waals surface area contributed by atoms with E-state index >= 15 is 0 Å². The van der Waals surface area contributed by atoms with Crippen molar-refractivity contribution in [1.29, 1.82) is 0 Å². The number of rotatable bonds is 3. The summed E-state index contributed by atoms with van der Waals surface area (Å²) < 4.78 is 4.41. The quantitative estimate of drug-likeness (QED) is 0.451. The molecule has 0 radical (unpaired) electrons. The Kier molecular flexibility index (Phi) is 2.01. The molecule has 8 heteroatoms. The molecular weight excluding hydrogens is 204 g/mol. The van der Waals surface area contributed by atoms with Gasteiger partial charge in [0, 0.05) is 6.07 Å². The summed E-state index contributed by atoms with van der Waals surface area (Å²) >= 11 is 0. The highest BCUT2D eigenvalue weighted by atomic mass is 16.6. The van der Waals surface area contributed by atoms with Crippen molar-refractivity contribution in [3.05, 3.63) is 22.2 Å². The molecule has 1 heterocycles. The molecule has 0 saturated heterocycles. The van der Waals surface area contributed by atoms with E-state index in [1.807, 2.05) is 0 Å². The second kappa shape index (κ2) is 3.33. The molecular formula is C7H4N4O4. The lowest BCUT2D eigenvalue weighted by molar-refractivity contribution is -0.383. The molecule has 2 rings (SSSR count). The van der Waals surface area contributed by atoms with Gasteiger partial charge in [0.1, 0.15) is 5.52 Å². The molecule has 0 bridgehead atoms. The molecule has 0 aliphatic rings. The van der Waals surface area contributed by atoms with Crippen molar-refractivity contribution >= 4 is 28.8 Å². The summed E-state index contributed by atoms with van der Waals surface area (Å²) in [4.78, 5) is 20.3. The number of nitrogens with one attached hydrogen (secondary N) is 1. The Morgan fingerprint density at radius 2 is 2.27 bits per heavy atom. The molecule has 0 unspecified atom stereocenters. The van der Waals surface area contributed by atoms with Crippen LogP contribution in [0.3, 0.4) is 0 Å². The average molecular weight is 208 g/mol. The monoisotopic (exact) mass is 208 g/mol. The number of anilines is 1. The van der Waals surface area contributed by atoms with E-state index in [1.165, 1.54) is 12.1 Å². The molecule has 0 aliphatic carbocycles. The summed E-state index contributed by atoms with van der Waals surface area (Å²) in [5, 5.41) is 19.8. The van der Waals surface area contributed by atoms with Gasteiger partial charge in [0.05, 0.1) is 4.92 Å². The van der Waals surface area contributed by atoms with Crippen molar-refractivity contribution in [1.82, 2.24) is 10.3 Å². The molecule has 1 aromatic carbocycles. The number of carbonyl (C=O) groups is 1. The third-order valence-corrected chi connectivity index (χ3v) is 1.81. The van der Waals surface area contributed by atoms with Gasteiger partial charge >= 0.3 is 0 Å². The van der Waals surface area contributed by atoms with Gasteiger partial charge in [0.25, 0.3) is 5.69 Å². The summed E-state index contributed by atoms with van der Waals surface area (Å²) in [6.07, 6.45) is 0.330. The molecule has 0 spiro atoms. The van der Waals surface area contributed by atoms with Crippen molar-refractivity contribution in [3.8, 4) is 0 Å². The molecule has 0 fully saturated rings. The maximum absolute atomic E-state index is 10.6. The largest absolute Gasteiger partial charge is 0.321 e. The van der Waals surface area contributed by atoms with Crippen molar-refractivity contribution < 1.29 is 14.3 Å². The fraction of sp³-hybridized carbons (Fsp3) is 0. The molecule has 0 saturated carbocycles. The Labute approximate surface area is 82.0 Å². The van der Waals surface area contributed by atoms with E-state index in [1.54, 1.807) is 0 Å². The number of nitro groups is 1. The summed E-state index contributed by atoms with van der Waals surface area (Å²) in [6, 6.07) is 2.61. The van der Waals surface area contributed by atoms with Gasteiger partial charge in [-0.25, -0.2) is 4.63 Å². The maximum Gasteiger partial charge on any atom is 0.295 e. The van der Waals surface area contributed by atoms with E-state index in [0.717, 1.165) is 0 Å². The van der Waals surface area contributed by atoms with E-state index in [9.17, 15) is 14.9 Å². The van der Waals surface area contributed by atoms with Crippen LogP contribution in [-0.4, -0.2) is 21.6 Å². The lowest BCUT2D eigenvalue weighted by Gasteiger charge is -1.99. The zero-order chi connectivity index (χ0) is 10.8. The molecule has 2 aromatic rings. The number of benzene rings is 1. The fourth-order valence-corrected chi connectivity index (χ4v) is 1.19. The highest BCUT2D eigenvalue weighted by Gasteiger charge is 2.19. The highest BCUT2D eigenvalue weighted by Crippen LogP contribution is 2.30. The Hall–Kier alpha value is -2.51. The number of amides is 1. The number of fused-ring (bicyclic) bond motifs is 1. The number of hydrogen-bond donors (Lipinski definition) is 1. The molecule has 1 aromatic heterocycles. The van der Waals surface area contributed by atoms with Gasteiger partial charge in [-0.05, 0) is 16.4 Å². The van der Waals surface area contributed by atoms with E-state index in [2.05, 4.69) is 20.3 Å². The summed E-state index contributed by atoms with van der Waals surface area (Å²) in [5.41, 5.74) is 0.209. The highest BCUT2D eigenvalue weighted by molar-refractivity contribution is 5.97. The van der Waals surface area contributed by atoms with Crippen LogP contribution in [0, 0.1) is 10.1 Å². The zero-order valence-corrected chi connectivity index (χ0v) is 7.21. The van der Waals surface area contributed by atoms with Crippen LogP contribution in [0.1, 0.15) is 0 Å². The van der Waals surface area contributed by atoms with E-state index in [-0.39, 0.29) is 16.9 Å². The number of nitrogens with zero attached hydrogens (tertiary/aromatic N) is 3. The molecule has 0 aliphatic heterocycles. The van der Waals surface area contributed by atoms with Crippen LogP contribution in [0.25, 0.3) is 11.0 Å². The second-order valence-corrected chi connectivity index (χ2v) is 2.61. The van der Waals surface area contributed by atoms with Crippen LogP contribution in [0.5, 0.6) is 0 Å². The number of nitro benzene ring substituents is 1. The predicted octanol–water partition coefficient (Wildman–Crippen LogP) is 0.699. The van der Waals surface area contributed by atoms with Crippen molar-refractivity contribution in [2.24, 2.45) is 0 Å². The van der Waals surface area contributed by atoms with Crippen LogP contribution in [0.4, 0.5) is 11.4 Å². The first kappa shape index (κ1) is 9.06. The van der Waals surface area contributed by atoms with Gasteiger partial charge in [-0.2, -0.15) is 0 Å². The minimum atomic E-state index is -0.625. The van der Waals surface area contributed by atoms with Gasteiger partial charge in [0.15, 0.2) is 11.2 Å². The van der Waals surface area contributed by atoms with Gasteiger partial charge in [0.2, 0.25) is 6.41 Å². The second-order valence-electron chi connectivity index (χ2n) is 2.61. The third kappa shape index (κ3) is 1.37. The van der Waals surface area contributed by atoms with Crippen LogP contribution < -0.4 is 5.32 Å². The van der Waals surface area contributed by atoms with Crippen LogP contribution in [-0.2, 0) is 4.79 Å². The topological polar surface area (TPSA) is 111 Å². The molecule has 1 amide bonds. The molecule has 1 N–H and O–H groups in total. The smallest absolute Gasteiger partial charge is 0.295 e. The van der Waals surface area contributed by atoms with E-state index in [0.29, 0.717) is 11.9 Å². The standard InChI is InChI=1S/C7H4N4O4/c12-3-8-7-5(11(13)14)2-1-4-6(7)10-15-9-4/h1-3H,(H,8,12). The Morgan fingerprint density at radius 3 is 2.93 bits per heavy atom. The first-order valence-corrected chi connectivity index (χ1v) is 3.84. The van der Waals surface area contributed by atoms with E-state index in [4.69, 9.17) is 0 Å². The third-order valence-electron chi connectivity index (χ3n) is 1.81. The Balaban J connectivity index is 2.74. The van der Waals surface area contributed by atoms with Gasteiger partial charge < -0.3 is 5.32 Å². The average Bonchev–Trinajstić information content (AvgIpc) is 2.66. The maximum atomic E-state index is 10.6. The lowest BCUT2D eigenvalue weighted by Crippen LogP contribution is -2.00. The Bertz CT molecular complexity index is 535. The summed E-state index contributed by atoms with van der Waals surface area (Å²) in [5.74, 6) is 0. The summed E-state index contributed by atoms with van der Waals surface area (Å²) in [6.45, 7) is 0. The minimum absolute atomic E-state index is 0.0197. The lowest BCUT2D eigenvalue weighted by atomic mass is 10.2. The first-order valence-electron chi connectivity index (χ1n) is 3.84. The Morgan fingerprint density at radius 1 is 1.47 bits per heavy atom. The normalized spacial score (nSPS) is 10.1. The van der Waals surface area contributed by atoms with Crippen LogP contribution in [0.15, 0.2) is 16.8 Å². The summed E-state index contributed by atoms with van der Waals surface area (Å²) in [7, 11) is 0. The molecule has 76 valence electrons. The van der Waals surface area contributed by atoms with Crippen LogP contribution in [0.2, 0.25) is 0 Å². The van der Waals surface area contributed by atoms with Crippen molar-refractivity contribution in [3.63, 3.8) is 0 Å². The fourth-order valence-electron chi connectivity index (χ4n) is 1.19. The van der Waals surface area contributed by atoms with E-state index < -0.39 is 4.92 Å². The van der Waals surface area contributed by atoms with Gasteiger partial charge in [-0.1, -0.05) is 0 Å². The molecule has 0 atom stereocenters. The van der Waals surface area contributed by atoms with Gasteiger partial charge in [-0.3, -0.25) is 14.9 Å². The predicted molar refractivity (Wildman–Crippen MR) is 48.1 cm³/mol. The molecule has 8 nitrogen and oxygen atoms in total. The number of aromatic nitrogens is 2. The first-order chi connectivity index (χ1) is 7.24. The zero-order valence-electron chi connectivity index (χ0n) is 7.21. The van der Waals surface area contributed by atoms with Crippen LogP contribution >= 0.6 is 0 Å². The van der Waals surface area contributed by atoms with Gasteiger partial charge in [-0.15, -0.1) is 0 Å². The number of hydrogen-bond acceptors (Lipinski definition) is 6. The van der Waals surface area contributed by atoms with Crippen molar-refractivity contribution in [2.45, 2.75) is 0 Å². The van der Waals surface area contributed by atoms with Crippen molar-refractivity contribution in [2.75, 3.05) is 5.32 Å². The SMILES string of the molecule is O=CNc1c([N+](=O)[O-])ccc2nonc12.